The Morgan fingerprint density at radius 2 is 1.76 bits per heavy atom. The molecule has 0 spiro atoms. The molecule has 0 fully saturated rings. The molecule has 0 saturated carbocycles. The van der Waals surface area contributed by atoms with Gasteiger partial charge in [0.25, 0.3) is 0 Å². The van der Waals surface area contributed by atoms with Gasteiger partial charge in [-0.05, 0) is 19.3 Å². The van der Waals surface area contributed by atoms with E-state index in [0.717, 1.165) is 19.3 Å². The Hall–Kier alpha value is -1.26. The molecule has 0 aliphatic heterocycles. The number of rotatable bonds is 8. The number of carbonyl (C=O) groups excluding carboxylic acids is 1. The van der Waals surface area contributed by atoms with Crippen LogP contribution in [-0.4, -0.2) is 29.7 Å². The summed E-state index contributed by atoms with van der Waals surface area (Å²) in [6, 6.07) is -0.120. The van der Waals surface area contributed by atoms with E-state index in [-0.39, 0.29) is 18.6 Å². The number of hydrogen-bond donors (Lipinski definition) is 3. The minimum absolute atomic E-state index is 0.157. The summed E-state index contributed by atoms with van der Waals surface area (Å²) in [5.41, 5.74) is 0. The summed E-state index contributed by atoms with van der Waals surface area (Å²) >= 11 is 0. The Morgan fingerprint density at radius 3 is 2.18 bits per heavy atom. The third-order valence-corrected chi connectivity index (χ3v) is 2.82. The average molecular weight is 244 g/mol. The van der Waals surface area contributed by atoms with Gasteiger partial charge in [0.2, 0.25) is 0 Å². The van der Waals surface area contributed by atoms with Crippen LogP contribution in [0.3, 0.4) is 0 Å². The van der Waals surface area contributed by atoms with Crippen LogP contribution in [0.15, 0.2) is 0 Å². The number of carboxylic acid groups (broad SMARTS) is 1. The first-order chi connectivity index (χ1) is 8.04. The van der Waals surface area contributed by atoms with Crippen molar-refractivity contribution in [2.24, 2.45) is 5.92 Å². The summed E-state index contributed by atoms with van der Waals surface area (Å²) < 4.78 is 0. The van der Waals surface area contributed by atoms with Crippen LogP contribution >= 0.6 is 0 Å². The van der Waals surface area contributed by atoms with Gasteiger partial charge in [-0.25, -0.2) is 4.79 Å². The standard InChI is InChI=1S/C12H24N2O3/c1-4-7-9(11(15)16)8-13-12(17)14-10(5-2)6-3/h9-10H,4-8H2,1-3H3,(H,15,16)(H2,13,14,17). The van der Waals surface area contributed by atoms with Crippen molar-refractivity contribution < 1.29 is 14.7 Å². The molecule has 0 saturated heterocycles. The van der Waals surface area contributed by atoms with Crippen LogP contribution < -0.4 is 10.6 Å². The van der Waals surface area contributed by atoms with Gasteiger partial charge in [-0.15, -0.1) is 0 Å². The number of amides is 2. The number of nitrogens with one attached hydrogen (secondary N) is 2. The zero-order chi connectivity index (χ0) is 13.3. The minimum atomic E-state index is -0.852. The SMILES string of the molecule is CCCC(CNC(=O)NC(CC)CC)C(=O)O. The first-order valence-corrected chi connectivity index (χ1v) is 6.32. The highest BCUT2D eigenvalue weighted by molar-refractivity contribution is 5.76. The second-order valence-corrected chi connectivity index (χ2v) is 4.19. The predicted octanol–water partition coefficient (Wildman–Crippen LogP) is 1.98. The minimum Gasteiger partial charge on any atom is -0.481 e. The van der Waals surface area contributed by atoms with Gasteiger partial charge in [-0.3, -0.25) is 4.79 Å². The molecule has 2 amide bonds. The molecule has 0 bridgehead atoms. The third-order valence-electron chi connectivity index (χ3n) is 2.82. The van der Waals surface area contributed by atoms with Gasteiger partial charge in [0, 0.05) is 12.6 Å². The summed E-state index contributed by atoms with van der Waals surface area (Å²) in [4.78, 5) is 22.4. The van der Waals surface area contributed by atoms with Gasteiger partial charge in [0.05, 0.1) is 5.92 Å². The molecule has 0 rings (SSSR count). The molecule has 5 nitrogen and oxygen atoms in total. The molecule has 3 N–H and O–H groups in total. The molecule has 0 heterocycles. The van der Waals surface area contributed by atoms with Crippen molar-refractivity contribution in [2.45, 2.75) is 52.5 Å². The van der Waals surface area contributed by atoms with E-state index in [1.54, 1.807) is 0 Å². The lowest BCUT2D eigenvalue weighted by molar-refractivity contribution is -0.141. The Bertz CT molecular complexity index is 240. The van der Waals surface area contributed by atoms with Crippen LogP contribution in [-0.2, 0) is 4.79 Å². The Kier molecular flexibility index (Phi) is 8.19. The molecule has 0 aliphatic rings. The highest BCUT2D eigenvalue weighted by Crippen LogP contribution is 2.05. The summed E-state index contributed by atoms with van der Waals surface area (Å²) in [5, 5.41) is 14.3. The van der Waals surface area contributed by atoms with Crippen molar-refractivity contribution in [1.29, 1.82) is 0 Å². The zero-order valence-corrected chi connectivity index (χ0v) is 11.0. The van der Waals surface area contributed by atoms with Crippen LogP contribution in [0.2, 0.25) is 0 Å². The lowest BCUT2D eigenvalue weighted by Crippen LogP contribution is -2.44. The maximum Gasteiger partial charge on any atom is 0.315 e. The van der Waals surface area contributed by atoms with Crippen LogP contribution in [0.5, 0.6) is 0 Å². The molecule has 0 radical (unpaired) electrons. The molecule has 5 heteroatoms. The molecule has 1 atom stereocenters. The molecular weight excluding hydrogens is 220 g/mol. The predicted molar refractivity (Wildman–Crippen MR) is 66.9 cm³/mol. The Morgan fingerprint density at radius 1 is 1.18 bits per heavy atom. The highest BCUT2D eigenvalue weighted by atomic mass is 16.4. The van der Waals surface area contributed by atoms with Gasteiger partial charge in [0.15, 0.2) is 0 Å². The summed E-state index contributed by atoms with van der Waals surface area (Å²) in [6.45, 7) is 6.13. The maximum absolute atomic E-state index is 11.5. The van der Waals surface area contributed by atoms with Crippen molar-refractivity contribution in [3.8, 4) is 0 Å². The van der Waals surface area contributed by atoms with Crippen LogP contribution in [0.25, 0.3) is 0 Å². The molecular formula is C12H24N2O3. The Labute approximate surface area is 103 Å². The Balaban J connectivity index is 3.99. The first-order valence-electron chi connectivity index (χ1n) is 6.32. The molecule has 0 aromatic rings. The van der Waals surface area contributed by atoms with Gasteiger partial charge < -0.3 is 15.7 Å². The number of carboxylic acids is 1. The quantitative estimate of drug-likeness (QED) is 0.611. The van der Waals surface area contributed by atoms with E-state index >= 15 is 0 Å². The fourth-order valence-electron chi connectivity index (χ4n) is 1.61. The molecule has 0 aromatic carbocycles. The van der Waals surface area contributed by atoms with Crippen molar-refractivity contribution in [3.05, 3.63) is 0 Å². The van der Waals surface area contributed by atoms with Gasteiger partial charge in [-0.2, -0.15) is 0 Å². The van der Waals surface area contributed by atoms with Crippen molar-refractivity contribution in [3.63, 3.8) is 0 Å². The molecule has 100 valence electrons. The summed E-state index contributed by atoms with van der Waals surface area (Å²) in [5.74, 6) is -1.35. The second-order valence-electron chi connectivity index (χ2n) is 4.19. The third kappa shape index (κ3) is 6.81. The number of hydrogen-bond acceptors (Lipinski definition) is 2. The number of carbonyl (C=O) groups is 2. The summed E-state index contributed by atoms with van der Waals surface area (Å²) in [7, 11) is 0. The average Bonchev–Trinajstić information content (AvgIpc) is 2.30. The fraction of sp³-hybridized carbons (Fsp3) is 0.833. The van der Waals surface area contributed by atoms with Crippen LogP contribution in [0.4, 0.5) is 4.79 Å². The van der Waals surface area contributed by atoms with Crippen LogP contribution in [0, 0.1) is 5.92 Å². The first kappa shape index (κ1) is 15.7. The zero-order valence-electron chi connectivity index (χ0n) is 11.0. The van der Waals surface area contributed by atoms with Gasteiger partial charge in [0.1, 0.15) is 0 Å². The number of aliphatic carboxylic acids is 1. The van der Waals surface area contributed by atoms with Gasteiger partial charge >= 0.3 is 12.0 Å². The molecule has 0 aliphatic carbocycles. The van der Waals surface area contributed by atoms with Crippen molar-refractivity contribution >= 4 is 12.0 Å². The second kappa shape index (κ2) is 8.84. The fourth-order valence-corrected chi connectivity index (χ4v) is 1.61. The van der Waals surface area contributed by atoms with Crippen LogP contribution in [0.1, 0.15) is 46.5 Å². The van der Waals surface area contributed by atoms with E-state index in [9.17, 15) is 9.59 Å². The van der Waals surface area contributed by atoms with E-state index in [0.29, 0.717) is 6.42 Å². The maximum atomic E-state index is 11.5. The molecule has 0 aromatic heterocycles. The van der Waals surface area contributed by atoms with E-state index in [1.165, 1.54) is 0 Å². The molecule has 17 heavy (non-hydrogen) atoms. The lowest BCUT2D eigenvalue weighted by Gasteiger charge is -2.17. The lowest BCUT2D eigenvalue weighted by atomic mass is 10.0. The van der Waals surface area contributed by atoms with Gasteiger partial charge in [-0.1, -0.05) is 27.2 Å². The monoisotopic (exact) mass is 244 g/mol. The van der Waals surface area contributed by atoms with E-state index in [4.69, 9.17) is 5.11 Å². The topological polar surface area (TPSA) is 78.4 Å². The number of urea groups is 1. The highest BCUT2D eigenvalue weighted by Gasteiger charge is 2.17. The smallest absolute Gasteiger partial charge is 0.315 e. The van der Waals surface area contributed by atoms with Crippen molar-refractivity contribution in [1.82, 2.24) is 10.6 Å². The normalized spacial score (nSPS) is 12.2. The molecule has 1 unspecified atom stereocenters. The van der Waals surface area contributed by atoms with E-state index < -0.39 is 11.9 Å². The van der Waals surface area contributed by atoms with E-state index in [1.807, 2.05) is 20.8 Å². The van der Waals surface area contributed by atoms with Crippen molar-refractivity contribution in [2.75, 3.05) is 6.54 Å². The van der Waals surface area contributed by atoms with E-state index in [2.05, 4.69) is 10.6 Å². The largest absolute Gasteiger partial charge is 0.481 e. The summed E-state index contributed by atoms with van der Waals surface area (Å²) in [6.07, 6.45) is 3.13.